The normalized spacial score (nSPS) is 11.6. The third-order valence-electron chi connectivity index (χ3n) is 5.93. The smallest absolute Gasteiger partial charge is 0.324 e. The number of hydrogen-bond acceptors (Lipinski definition) is 10. The summed E-state index contributed by atoms with van der Waals surface area (Å²) in [6.07, 6.45) is 1.34. The molecule has 0 saturated carbocycles. The highest BCUT2D eigenvalue weighted by Gasteiger charge is 2.25. The van der Waals surface area contributed by atoms with Crippen molar-refractivity contribution in [1.29, 1.82) is 0 Å². The van der Waals surface area contributed by atoms with Crippen LogP contribution in [0.5, 0.6) is 5.75 Å². The van der Waals surface area contributed by atoms with Crippen molar-refractivity contribution in [3.8, 4) is 5.75 Å². The molecule has 0 aliphatic carbocycles. The Kier molecular flexibility index (Phi) is 7.79. The minimum absolute atomic E-state index is 0.00781. The van der Waals surface area contributed by atoms with Gasteiger partial charge in [0.25, 0.3) is 15.9 Å². The van der Waals surface area contributed by atoms with Crippen LogP contribution in [0.1, 0.15) is 15.2 Å². The van der Waals surface area contributed by atoms with Gasteiger partial charge in [-0.3, -0.25) is 19.2 Å². The molecular formula is C27H21N5O6S3. The molecule has 0 aliphatic rings. The number of anilines is 2. The maximum Gasteiger partial charge on any atom is 0.324 e. The molecule has 0 aliphatic heterocycles. The number of hydrogen-bond donors (Lipinski definition) is 0. The molecule has 0 fully saturated rings. The van der Waals surface area contributed by atoms with Crippen LogP contribution in [0.25, 0.3) is 10.2 Å². The first-order valence-electron chi connectivity index (χ1n) is 11.9. The monoisotopic (exact) mass is 607 g/mol. The highest BCUT2D eigenvalue weighted by atomic mass is 32.2. The van der Waals surface area contributed by atoms with Gasteiger partial charge in [0, 0.05) is 18.7 Å². The van der Waals surface area contributed by atoms with E-state index < -0.39 is 20.9 Å². The minimum Gasteiger partial charge on any atom is -0.497 e. The maximum atomic E-state index is 13.7. The number of aromatic nitrogens is 1. The molecule has 0 bridgehead atoms. The van der Waals surface area contributed by atoms with Crippen LogP contribution < -0.4 is 14.1 Å². The molecule has 11 nitrogen and oxygen atoms in total. The van der Waals surface area contributed by atoms with Gasteiger partial charge < -0.3 is 4.74 Å². The van der Waals surface area contributed by atoms with Crippen molar-refractivity contribution in [2.24, 2.45) is 5.10 Å². The number of nitrogens with zero attached hydrogens (tertiary/aromatic N) is 5. The summed E-state index contributed by atoms with van der Waals surface area (Å²) in [7, 11) is -0.877. The number of fused-ring (bicyclic) bond motifs is 1. The van der Waals surface area contributed by atoms with Crippen LogP contribution in [0.2, 0.25) is 0 Å². The van der Waals surface area contributed by atoms with Gasteiger partial charge in [-0.05, 0) is 60.7 Å². The molecule has 1 amide bonds. The van der Waals surface area contributed by atoms with Crippen LogP contribution in [0.4, 0.5) is 15.8 Å². The Morgan fingerprint density at radius 3 is 2.41 bits per heavy atom. The zero-order valence-electron chi connectivity index (χ0n) is 21.6. The van der Waals surface area contributed by atoms with E-state index in [0.29, 0.717) is 21.8 Å². The Balaban J connectivity index is 1.48. The van der Waals surface area contributed by atoms with Crippen LogP contribution in [0, 0.1) is 10.1 Å². The van der Waals surface area contributed by atoms with Crippen molar-refractivity contribution < 1.29 is 22.9 Å². The summed E-state index contributed by atoms with van der Waals surface area (Å²) in [6, 6.07) is 22.3. The van der Waals surface area contributed by atoms with E-state index in [1.165, 1.54) is 61.0 Å². The first-order chi connectivity index (χ1) is 19.7. The van der Waals surface area contributed by atoms with Crippen molar-refractivity contribution in [3.63, 3.8) is 0 Å². The fraction of sp³-hybridized carbons (Fsp3) is 0.0741. The lowest BCUT2D eigenvalue weighted by Crippen LogP contribution is -2.27. The van der Waals surface area contributed by atoms with E-state index in [2.05, 4.69) is 10.1 Å². The first kappa shape index (κ1) is 27.9. The van der Waals surface area contributed by atoms with Gasteiger partial charge in [-0.25, -0.2) is 13.4 Å². The standard InChI is InChI=1S/C27H21N5O6S3/c1-30(19-6-4-3-5-7-19)41(36,37)22-12-8-18(9-13-22)26(33)31(28-17-21-11-15-25(39-21)32(34)35)27-29-23-14-10-20(38-2)16-24(23)40-27/h3-17H,1-2H3/b28-17+. The Morgan fingerprint density at radius 1 is 1.02 bits per heavy atom. The number of benzene rings is 3. The van der Waals surface area contributed by atoms with Crippen LogP contribution in [0.3, 0.4) is 0 Å². The Morgan fingerprint density at radius 2 is 1.76 bits per heavy atom. The second-order valence-electron chi connectivity index (χ2n) is 8.46. The number of thiophene rings is 1. The highest BCUT2D eigenvalue weighted by Crippen LogP contribution is 2.33. The molecule has 0 N–H and O–H groups in total. The fourth-order valence-corrected chi connectivity index (χ4v) is 6.58. The molecular weight excluding hydrogens is 587 g/mol. The SMILES string of the molecule is COc1ccc2nc(N(/N=C/c3ccc([N+](=O)[O-])s3)C(=O)c3ccc(S(=O)(=O)N(C)c4ccccc4)cc3)sc2c1. The van der Waals surface area contributed by atoms with Crippen LogP contribution in [-0.2, 0) is 10.0 Å². The molecule has 14 heteroatoms. The number of ether oxygens (including phenoxy) is 1. The third-order valence-corrected chi connectivity index (χ3v) is 9.70. The quantitative estimate of drug-likeness (QED) is 0.118. The summed E-state index contributed by atoms with van der Waals surface area (Å²) >= 11 is 2.11. The predicted octanol–water partition coefficient (Wildman–Crippen LogP) is 5.78. The largest absolute Gasteiger partial charge is 0.497 e. The number of methoxy groups -OCH3 is 1. The minimum atomic E-state index is -3.88. The highest BCUT2D eigenvalue weighted by molar-refractivity contribution is 7.92. The lowest BCUT2D eigenvalue weighted by atomic mass is 10.2. The van der Waals surface area contributed by atoms with Gasteiger partial charge in [0.15, 0.2) is 0 Å². The number of nitro groups is 1. The molecule has 2 heterocycles. The predicted molar refractivity (Wildman–Crippen MR) is 160 cm³/mol. The van der Waals surface area contributed by atoms with E-state index in [0.717, 1.165) is 25.4 Å². The van der Waals surface area contributed by atoms with Gasteiger partial charge in [0.05, 0.1) is 43.9 Å². The van der Waals surface area contributed by atoms with Crippen molar-refractivity contribution >= 4 is 70.9 Å². The molecule has 41 heavy (non-hydrogen) atoms. The molecule has 0 saturated heterocycles. The Bertz CT molecular complexity index is 1870. The number of sulfonamides is 1. The van der Waals surface area contributed by atoms with Crippen molar-refractivity contribution in [1.82, 2.24) is 4.98 Å². The van der Waals surface area contributed by atoms with Gasteiger partial charge in [-0.2, -0.15) is 10.1 Å². The van der Waals surface area contributed by atoms with E-state index in [1.807, 2.05) is 0 Å². The molecule has 0 spiro atoms. The number of amides is 1. The Labute approximate surface area is 242 Å². The lowest BCUT2D eigenvalue weighted by molar-refractivity contribution is -0.380. The first-order valence-corrected chi connectivity index (χ1v) is 15.0. The number of hydrazone groups is 1. The molecule has 0 radical (unpaired) electrons. The van der Waals surface area contributed by atoms with E-state index >= 15 is 0 Å². The zero-order valence-corrected chi connectivity index (χ0v) is 24.0. The van der Waals surface area contributed by atoms with Gasteiger partial charge in [0.2, 0.25) is 5.13 Å². The van der Waals surface area contributed by atoms with Gasteiger partial charge >= 0.3 is 5.00 Å². The third kappa shape index (κ3) is 5.79. The average molecular weight is 608 g/mol. The van der Waals surface area contributed by atoms with Gasteiger partial charge in [0.1, 0.15) is 5.75 Å². The number of thiazole rings is 1. The van der Waals surface area contributed by atoms with Crippen LogP contribution in [0.15, 0.2) is 94.9 Å². The summed E-state index contributed by atoms with van der Waals surface area (Å²) in [5.41, 5.74) is 1.28. The van der Waals surface area contributed by atoms with Gasteiger partial charge in [-0.15, -0.1) is 0 Å². The second-order valence-corrected chi connectivity index (χ2v) is 12.5. The van der Waals surface area contributed by atoms with E-state index in [9.17, 15) is 23.3 Å². The molecule has 0 atom stereocenters. The summed E-state index contributed by atoms with van der Waals surface area (Å²) in [6.45, 7) is 0. The van der Waals surface area contributed by atoms with Crippen molar-refractivity contribution in [2.75, 3.05) is 23.5 Å². The van der Waals surface area contributed by atoms with Crippen molar-refractivity contribution in [2.45, 2.75) is 4.90 Å². The summed E-state index contributed by atoms with van der Waals surface area (Å²) < 4.78 is 33.5. The number of rotatable bonds is 9. The topological polar surface area (TPSA) is 135 Å². The van der Waals surface area contributed by atoms with E-state index in [-0.39, 0.29) is 20.6 Å². The molecule has 208 valence electrons. The van der Waals surface area contributed by atoms with Crippen LogP contribution >= 0.6 is 22.7 Å². The fourth-order valence-electron chi connectivity index (χ4n) is 3.75. The summed E-state index contributed by atoms with van der Waals surface area (Å²) in [4.78, 5) is 29.3. The second kappa shape index (κ2) is 11.4. The zero-order chi connectivity index (χ0) is 29.1. The van der Waals surface area contributed by atoms with Crippen LogP contribution in [-0.4, -0.2) is 44.6 Å². The lowest BCUT2D eigenvalue weighted by Gasteiger charge is -2.19. The summed E-state index contributed by atoms with van der Waals surface area (Å²) in [5.74, 6) is 0.0518. The molecule has 5 rings (SSSR count). The number of carbonyl (C=O) groups is 1. The van der Waals surface area contributed by atoms with E-state index in [1.54, 1.807) is 55.6 Å². The van der Waals surface area contributed by atoms with E-state index in [4.69, 9.17) is 4.74 Å². The number of para-hydroxylation sites is 1. The maximum absolute atomic E-state index is 13.7. The van der Waals surface area contributed by atoms with Crippen molar-refractivity contribution in [3.05, 3.63) is 105 Å². The molecule has 3 aromatic carbocycles. The molecule has 5 aromatic rings. The average Bonchev–Trinajstić information content (AvgIpc) is 3.64. The number of carbonyl (C=O) groups excluding carboxylic acids is 1. The molecule has 2 aromatic heterocycles. The Hall–Kier alpha value is -4.66. The molecule has 0 unspecified atom stereocenters. The van der Waals surface area contributed by atoms with Gasteiger partial charge in [-0.1, -0.05) is 40.9 Å². The summed E-state index contributed by atoms with van der Waals surface area (Å²) in [5, 5.41) is 16.7.